The molecular weight excluding hydrogens is 242 g/mol. The van der Waals surface area contributed by atoms with Crippen LogP contribution in [0.2, 0.25) is 0 Å². The summed E-state index contributed by atoms with van der Waals surface area (Å²) in [7, 11) is 0. The molecule has 1 saturated carbocycles. The van der Waals surface area contributed by atoms with Crippen molar-refractivity contribution in [2.45, 2.75) is 37.8 Å². The molecule has 0 radical (unpaired) electrons. The average molecular weight is 263 g/mol. The summed E-state index contributed by atoms with van der Waals surface area (Å²) in [5.74, 6) is -0.132. The van der Waals surface area contributed by atoms with Gasteiger partial charge >= 0.3 is 0 Å². The van der Waals surface area contributed by atoms with Crippen LogP contribution in [0.25, 0.3) is 0 Å². The van der Waals surface area contributed by atoms with Gasteiger partial charge in [-0.05, 0) is 37.8 Å². The first-order chi connectivity index (χ1) is 9.16. The highest BCUT2D eigenvalue weighted by atomic mass is 16.3. The summed E-state index contributed by atoms with van der Waals surface area (Å²) in [6.07, 6.45) is 4.01. The summed E-state index contributed by atoms with van der Waals surface area (Å²) in [6.45, 7) is 0.636. The quantitative estimate of drug-likeness (QED) is 0.663. The first-order valence-electron chi connectivity index (χ1n) is 6.78. The highest BCUT2D eigenvalue weighted by molar-refractivity contribution is 5.79. The van der Waals surface area contributed by atoms with E-state index < -0.39 is 6.10 Å². The number of nitrogens with one attached hydrogen (secondary N) is 1. The van der Waals surface area contributed by atoms with E-state index in [4.69, 9.17) is 5.73 Å². The number of rotatable bonds is 5. The first-order valence-corrected chi connectivity index (χ1v) is 6.78. The number of hydrogen-bond donors (Lipinski definition) is 3. The Bertz CT molecular complexity index is 400. The number of nitrogens with zero attached hydrogens (tertiary/aromatic N) is 1. The summed E-state index contributed by atoms with van der Waals surface area (Å²) in [5, 5.41) is 12.4. The molecule has 4 N–H and O–H groups in total. The van der Waals surface area contributed by atoms with E-state index in [1.54, 1.807) is 6.20 Å². The fraction of sp³-hybridized carbons (Fsp3) is 0.571. The molecule has 1 aliphatic carbocycles. The molecule has 1 amide bonds. The summed E-state index contributed by atoms with van der Waals surface area (Å²) in [4.78, 5) is 16.1. The summed E-state index contributed by atoms with van der Waals surface area (Å²) < 4.78 is 0. The lowest BCUT2D eigenvalue weighted by Gasteiger charge is -2.10. The molecule has 0 aromatic carbocycles. The van der Waals surface area contributed by atoms with Crippen molar-refractivity contribution in [1.29, 1.82) is 0 Å². The van der Waals surface area contributed by atoms with Gasteiger partial charge < -0.3 is 16.2 Å². The molecule has 1 aromatic rings. The Morgan fingerprint density at radius 3 is 2.95 bits per heavy atom. The first kappa shape index (κ1) is 14.0. The van der Waals surface area contributed by atoms with Gasteiger partial charge in [0.1, 0.15) is 0 Å². The second-order valence-corrected chi connectivity index (χ2v) is 5.12. The average Bonchev–Trinajstić information content (AvgIpc) is 2.76. The van der Waals surface area contributed by atoms with Crippen molar-refractivity contribution in [3.63, 3.8) is 0 Å². The Hall–Kier alpha value is -1.46. The SMILES string of the molecule is N[C@@H]1C[C@H](C(=O)NCCCc2ccccn2)C[C@H]1O. The van der Waals surface area contributed by atoms with Crippen LogP contribution in [0.4, 0.5) is 0 Å². The number of carbonyl (C=O) groups excluding carboxylic acids is 1. The second-order valence-electron chi connectivity index (χ2n) is 5.12. The number of hydrogen-bond acceptors (Lipinski definition) is 4. The third kappa shape index (κ3) is 4.01. The van der Waals surface area contributed by atoms with Gasteiger partial charge in [-0.2, -0.15) is 0 Å². The molecule has 104 valence electrons. The van der Waals surface area contributed by atoms with Crippen LogP contribution in [-0.4, -0.2) is 34.7 Å². The monoisotopic (exact) mass is 263 g/mol. The van der Waals surface area contributed by atoms with Gasteiger partial charge in [-0.25, -0.2) is 0 Å². The zero-order chi connectivity index (χ0) is 13.7. The van der Waals surface area contributed by atoms with E-state index in [2.05, 4.69) is 10.3 Å². The molecule has 0 bridgehead atoms. The van der Waals surface area contributed by atoms with E-state index in [1.165, 1.54) is 0 Å². The zero-order valence-electron chi connectivity index (χ0n) is 11.0. The minimum atomic E-state index is -0.538. The van der Waals surface area contributed by atoms with Gasteiger partial charge in [0.05, 0.1) is 6.10 Å². The van der Waals surface area contributed by atoms with Crippen LogP contribution in [-0.2, 0) is 11.2 Å². The maximum Gasteiger partial charge on any atom is 0.223 e. The summed E-state index contributed by atoms with van der Waals surface area (Å²) in [5.41, 5.74) is 6.74. The number of nitrogens with two attached hydrogens (primary N) is 1. The third-order valence-electron chi connectivity index (χ3n) is 3.58. The van der Waals surface area contributed by atoms with Crippen LogP contribution in [0.5, 0.6) is 0 Å². The molecule has 19 heavy (non-hydrogen) atoms. The van der Waals surface area contributed by atoms with Crippen LogP contribution in [0.1, 0.15) is 25.0 Å². The Morgan fingerprint density at radius 1 is 1.47 bits per heavy atom. The van der Waals surface area contributed by atoms with E-state index in [9.17, 15) is 9.90 Å². The fourth-order valence-electron chi connectivity index (χ4n) is 2.43. The van der Waals surface area contributed by atoms with Crippen LogP contribution < -0.4 is 11.1 Å². The minimum Gasteiger partial charge on any atom is -0.391 e. The smallest absolute Gasteiger partial charge is 0.223 e. The van der Waals surface area contributed by atoms with Gasteiger partial charge in [0.15, 0.2) is 0 Å². The summed E-state index contributed by atoms with van der Waals surface area (Å²) >= 11 is 0. The van der Waals surface area contributed by atoms with Gasteiger partial charge in [-0.3, -0.25) is 9.78 Å². The zero-order valence-corrected chi connectivity index (χ0v) is 11.0. The second kappa shape index (κ2) is 6.63. The van der Waals surface area contributed by atoms with E-state index in [1.807, 2.05) is 18.2 Å². The number of carbonyl (C=O) groups is 1. The van der Waals surface area contributed by atoms with Gasteiger partial charge in [0, 0.05) is 30.4 Å². The van der Waals surface area contributed by atoms with E-state index in [0.29, 0.717) is 19.4 Å². The highest BCUT2D eigenvalue weighted by Crippen LogP contribution is 2.24. The van der Waals surface area contributed by atoms with Gasteiger partial charge in [-0.15, -0.1) is 0 Å². The normalized spacial score (nSPS) is 26.3. The lowest BCUT2D eigenvalue weighted by molar-refractivity contribution is -0.125. The minimum absolute atomic E-state index is 0.00743. The Labute approximate surface area is 113 Å². The van der Waals surface area contributed by atoms with Crippen molar-refractivity contribution in [3.8, 4) is 0 Å². The maximum absolute atomic E-state index is 11.9. The fourth-order valence-corrected chi connectivity index (χ4v) is 2.43. The van der Waals surface area contributed by atoms with E-state index in [-0.39, 0.29) is 17.9 Å². The van der Waals surface area contributed by atoms with Crippen LogP contribution >= 0.6 is 0 Å². The molecule has 5 nitrogen and oxygen atoms in total. The lowest BCUT2D eigenvalue weighted by Crippen LogP contribution is -2.31. The van der Waals surface area contributed by atoms with Crippen molar-refractivity contribution in [1.82, 2.24) is 10.3 Å². The maximum atomic E-state index is 11.9. The molecule has 1 aromatic heterocycles. The molecule has 1 aliphatic rings. The third-order valence-corrected chi connectivity index (χ3v) is 3.58. The van der Waals surface area contributed by atoms with Crippen molar-refractivity contribution in [3.05, 3.63) is 30.1 Å². The van der Waals surface area contributed by atoms with E-state index in [0.717, 1.165) is 18.5 Å². The molecule has 3 atom stereocenters. The highest BCUT2D eigenvalue weighted by Gasteiger charge is 2.34. The largest absolute Gasteiger partial charge is 0.391 e. The molecule has 1 fully saturated rings. The number of aryl methyl sites for hydroxylation is 1. The lowest BCUT2D eigenvalue weighted by atomic mass is 10.1. The molecule has 0 unspecified atom stereocenters. The van der Waals surface area contributed by atoms with Crippen molar-refractivity contribution in [2.24, 2.45) is 11.7 Å². The van der Waals surface area contributed by atoms with Crippen molar-refractivity contribution >= 4 is 5.91 Å². The molecule has 1 heterocycles. The molecule has 5 heteroatoms. The Morgan fingerprint density at radius 2 is 2.32 bits per heavy atom. The van der Waals surface area contributed by atoms with Crippen LogP contribution in [0, 0.1) is 5.92 Å². The van der Waals surface area contributed by atoms with Crippen molar-refractivity contribution in [2.75, 3.05) is 6.54 Å². The number of amides is 1. The van der Waals surface area contributed by atoms with Gasteiger partial charge in [0.2, 0.25) is 5.91 Å². The Balaban J connectivity index is 1.65. The Kier molecular flexibility index (Phi) is 4.87. The molecule has 0 saturated heterocycles. The topological polar surface area (TPSA) is 88.2 Å². The van der Waals surface area contributed by atoms with Crippen molar-refractivity contribution < 1.29 is 9.90 Å². The summed E-state index contributed by atoms with van der Waals surface area (Å²) in [6, 6.07) is 5.57. The number of aliphatic hydroxyl groups excluding tert-OH is 1. The number of pyridine rings is 1. The van der Waals surface area contributed by atoms with Crippen LogP contribution in [0.15, 0.2) is 24.4 Å². The molecule has 2 rings (SSSR count). The van der Waals surface area contributed by atoms with E-state index >= 15 is 0 Å². The number of aliphatic hydroxyl groups is 1. The molecular formula is C14H21N3O2. The van der Waals surface area contributed by atoms with Gasteiger partial charge in [0.25, 0.3) is 0 Å². The van der Waals surface area contributed by atoms with Gasteiger partial charge in [-0.1, -0.05) is 6.07 Å². The standard InChI is InChI=1S/C14H21N3O2/c15-12-8-10(9-13(12)18)14(19)17-7-3-5-11-4-1-2-6-16-11/h1-2,4,6,10,12-13,18H,3,5,7-9,15H2,(H,17,19)/t10-,12+,13+/m0/s1. The molecule has 0 spiro atoms. The number of aromatic nitrogens is 1. The predicted octanol–water partition coefficient (Wildman–Crippen LogP) is 0.229. The van der Waals surface area contributed by atoms with Crippen LogP contribution in [0.3, 0.4) is 0 Å². The molecule has 0 aliphatic heterocycles. The predicted molar refractivity (Wildman–Crippen MR) is 72.3 cm³/mol.